The zero-order chi connectivity index (χ0) is 19.9. The lowest BCUT2D eigenvalue weighted by atomic mass is 10.1. The maximum atomic E-state index is 12.9. The van der Waals surface area contributed by atoms with Gasteiger partial charge in [-0.15, -0.1) is 5.10 Å². The standard InChI is InChI=1S/C20H21FN4O2S/c1-14(18(26)22-13-16-7-9-17(21)10-8-16)28-20-24-23-19(27)25(20)12-11-15-5-3-2-4-6-15/h2-10,14H,11-13H2,1H3,(H,22,26)(H,23,27). The van der Waals surface area contributed by atoms with Crippen molar-refractivity contribution in [2.75, 3.05) is 0 Å². The maximum absolute atomic E-state index is 12.9. The SMILES string of the molecule is CC(Sc1n[nH]c(=O)n1CCc1ccccc1)C(=O)NCc1ccc(F)cc1. The molecule has 2 N–H and O–H groups in total. The minimum absolute atomic E-state index is 0.181. The molecule has 0 aliphatic rings. The number of carbonyl (C=O) groups is 1. The van der Waals surface area contributed by atoms with E-state index in [1.54, 1.807) is 23.6 Å². The summed E-state index contributed by atoms with van der Waals surface area (Å²) in [6.45, 7) is 2.54. The zero-order valence-corrected chi connectivity index (χ0v) is 16.2. The molecular formula is C20H21FN4O2S. The second-order valence-electron chi connectivity index (χ2n) is 6.30. The first-order valence-electron chi connectivity index (χ1n) is 8.91. The average molecular weight is 400 g/mol. The summed E-state index contributed by atoms with van der Waals surface area (Å²) in [5.41, 5.74) is 1.64. The highest BCUT2D eigenvalue weighted by atomic mass is 32.2. The van der Waals surface area contributed by atoms with Gasteiger partial charge in [0.1, 0.15) is 5.82 Å². The van der Waals surface area contributed by atoms with Crippen LogP contribution in [0.25, 0.3) is 0 Å². The number of benzene rings is 2. The highest BCUT2D eigenvalue weighted by Gasteiger charge is 2.18. The highest BCUT2D eigenvalue weighted by Crippen LogP contribution is 2.20. The molecule has 1 atom stereocenters. The van der Waals surface area contributed by atoms with Crippen LogP contribution in [-0.4, -0.2) is 25.9 Å². The van der Waals surface area contributed by atoms with Crippen LogP contribution in [-0.2, 0) is 24.3 Å². The molecule has 0 saturated carbocycles. The number of hydrogen-bond acceptors (Lipinski definition) is 4. The molecule has 1 amide bonds. The number of nitrogens with zero attached hydrogens (tertiary/aromatic N) is 2. The quantitative estimate of drug-likeness (QED) is 0.570. The fraction of sp³-hybridized carbons (Fsp3) is 0.250. The van der Waals surface area contributed by atoms with Gasteiger partial charge < -0.3 is 5.32 Å². The average Bonchev–Trinajstić information content (AvgIpc) is 3.05. The van der Waals surface area contributed by atoms with Gasteiger partial charge in [-0.3, -0.25) is 9.36 Å². The highest BCUT2D eigenvalue weighted by molar-refractivity contribution is 8.00. The minimum atomic E-state index is -0.439. The fourth-order valence-electron chi connectivity index (χ4n) is 2.62. The van der Waals surface area contributed by atoms with Gasteiger partial charge in [0.25, 0.3) is 0 Å². The van der Waals surface area contributed by atoms with Gasteiger partial charge in [0.05, 0.1) is 5.25 Å². The number of carbonyl (C=O) groups excluding carboxylic acids is 1. The van der Waals surface area contributed by atoms with E-state index in [9.17, 15) is 14.0 Å². The molecule has 0 radical (unpaired) electrons. The third-order valence-electron chi connectivity index (χ3n) is 4.22. The number of halogens is 1. The van der Waals surface area contributed by atoms with E-state index < -0.39 is 5.25 Å². The molecule has 8 heteroatoms. The van der Waals surface area contributed by atoms with Crippen LogP contribution in [0.3, 0.4) is 0 Å². The number of aryl methyl sites for hydroxylation is 1. The van der Waals surface area contributed by atoms with Crippen molar-refractivity contribution < 1.29 is 9.18 Å². The van der Waals surface area contributed by atoms with E-state index in [2.05, 4.69) is 15.5 Å². The first-order valence-corrected chi connectivity index (χ1v) is 9.79. The lowest BCUT2D eigenvalue weighted by Crippen LogP contribution is -2.31. The van der Waals surface area contributed by atoms with E-state index in [-0.39, 0.29) is 17.4 Å². The summed E-state index contributed by atoms with van der Waals surface area (Å²) in [5, 5.41) is 9.35. The summed E-state index contributed by atoms with van der Waals surface area (Å²) >= 11 is 1.22. The van der Waals surface area contributed by atoms with Crippen molar-refractivity contribution in [2.45, 2.75) is 36.8 Å². The Morgan fingerprint density at radius 1 is 1.18 bits per heavy atom. The molecule has 0 fully saturated rings. The van der Waals surface area contributed by atoms with Gasteiger partial charge in [0, 0.05) is 13.1 Å². The predicted molar refractivity (Wildman–Crippen MR) is 107 cm³/mol. The molecule has 6 nitrogen and oxygen atoms in total. The third-order valence-corrected chi connectivity index (χ3v) is 5.31. The minimum Gasteiger partial charge on any atom is -0.351 e. The van der Waals surface area contributed by atoms with Gasteiger partial charge in [-0.25, -0.2) is 14.3 Å². The Morgan fingerprint density at radius 2 is 1.89 bits per heavy atom. The van der Waals surface area contributed by atoms with Crippen LogP contribution in [0.1, 0.15) is 18.1 Å². The Hall–Kier alpha value is -2.87. The molecule has 2 aromatic carbocycles. The lowest BCUT2D eigenvalue weighted by molar-refractivity contribution is -0.120. The van der Waals surface area contributed by atoms with Gasteiger partial charge in [0.15, 0.2) is 5.16 Å². The van der Waals surface area contributed by atoms with Crippen molar-refractivity contribution >= 4 is 17.7 Å². The smallest absolute Gasteiger partial charge is 0.343 e. The number of amides is 1. The lowest BCUT2D eigenvalue weighted by Gasteiger charge is -2.12. The van der Waals surface area contributed by atoms with Crippen LogP contribution in [0.5, 0.6) is 0 Å². The van der Waals surface area contributed by atoms with Crippen molar-refractivity contribution in [3.63, 3.8) is 0 Å². The van der Waals surface area contributed by atoms with Gasteiger partial charge in [-0.2, -0.15) is 0 Å². The van der Waals surface area contributed by atoms with Crippen LogP contribution in [0.4, 0.5) is 4.39 Å². The number of H-pyrrole nitrogens is 1. The molecule has 1 heterocycles. The largest absolute Gasteiger partial charge is 0.351 e. The van der Waals surface area contributed by atoms with Crippen LogP contribution < -0.4 is 11.0 Å². The topological polar surface area (TPSA) is 79.8 Å². The number of thioether (sulfide) groups is 1. The molecule has 3 aromatic rings. The summed E-state index contributed by atoms with van der Waals surface area (Å²) in [6.07, 6.45) is 0.693. The van der Waals surface area contributed by atoms with Crippen LogP contribution in [0.15, 0.2) is 64.5 Å². The van der Waals surface area contributed by atoms with E-state index in [0.717, 1.165) is 11.1 Å². The van der Waals surface area contributed by atoms with Crippen molar-refractivity contribution in [1.29, 1.82) is 0 Å². The van der Waals surface area contributed by atoms with Gasteiger partial charge >= 0.3 is 5.69 Å². The molecule has 0 aliphatic carbocycles. The number of aromatic amines is 1. The van der Waals surface area contributed by atoms with Gasteiger partial charge in [-0.05, 0) is 36.6 Å². The summed E-state index contributed by atoms with van der Waals surface area (Å²) in [7, 11) is 0. The second-order valence-corrected chi connectivity index (χ2v) is 7.61. The molecule has 146 valence electrons. The van der Waals surface area contributed by atoms with E-state index in [0.29, 0.717) is 24.7 Å². The Balaban J connectivity index is 1.57. The Kier molecular flexibility index (Phi) is 6.65. The van der Waals surface area contributed by atoms with Crippen molar-refractivity contribution in [2.24, 2.45) is 0 Å². The fourth-order valence-corrected chi connectivity index (χ4v) is 3.53. The van der Waals surface area contributed by atoms with Crippen LogP contribution in [0, 0.1) is 5.82 Å². The maximum Gasteiger partial charge on any atom is 0.343 e. The zero-order valence-electron chi connectivity index (χ0n) is 15.4. The number of nitrogens with one attached hydrogen (secondary N) is 2. The molecule has 28 heavy (non-hydrogen) atoms. The van der Waals surface area contributed by atoms with Crippen molar-refractivity contribution in [1.82, 2.24) is 20.1 Å². The number of hydrogen-bond donors (Lipinski definition) is 2. The molecular weight excluding hydrogens is 379 g/mol. The summed E-state index contributed by atoms with van der Waals surface area (Å²) in [6, 6.07) is 15.8. The van der Waals surface area contributed by atoms with E-state index >= 15 is 0 Å². The molecule has 1 aromatic heterocycles. The Labute approximate surface area is 166 Å². The molecule has 0 spiro atoms. The molecule has 0 aliphatic heterocycles. The van der Waals surface area contributed by atoms with E-state index in [4.69, 9.17) is 0 Å². The summed E-state index contributed by atoms with van der Waals surface area (Å²) in [4.78, 5) is 24.4. The molecule has 0 saturated heterocycles. The number of rotatable bonds is 8. The second kappa shape index (κ2) is 9.36. The molecule has 3 rings (SSSR count). The monoisotopic (exact) mass is 400 g/mol. The van der Waals surface area contributed by atoms with Crippen molar-refractivity contribution in [3.8, 4) is 0 Å². The normalized spacial score (nSPS) is 11.9. The summed E-state index contributed by atoms with van der Waals surface area (Å²) < 4.78 is 14.5. The first-order chi connectivity index (χ1) is 13.5. The van der Waals surface area contributed by atoms with Crippen molar-refractivity contribution in [3.05, 3.63) is 82.0 Å². The van der Waals surface area contributed by atoms with E-state index in [1.165, 1.54) is 23.9 Å². The first kappa shape index (κ1) is 19.9. The predicted octanol–water partition coefficient (Wildman–Crippen LogP) is 2.75. The molecule has 0 bridgehead atoms. The van der Waals surface area contributed by atoms with E-state index in [1.807, 2.05) is 30.3 Å². The summed E-state index contributed by atoms with van der Waals surface area (Å²) in [5.74, 6) is -0.495. The van der Waals surface area contributed by atoms with Crippen LogP contribution in [0.2, 0.25) is 0 Å². The van der Waals surface area contributed by atoms with Gasteiger partial charge in [-0.1, -0.05) is 54.2 Å². The Morgan fingerprint density at radius 3 is 2.61 bits per heavy atom. The van der Waals surface area contributed by atoms with Gasteiger partial charge in [0.2, 0.25) is 5.91 Å². The molecule has 1 unspecified atom stereocenters. The van der Waals surface area contributed by atoms with Crippen LogP contribution >= 0.6 is 11.8 Å². The Bertz CT molecular complexity index is 970. The number of aromatic nitrogens is 3. The third kappa shape index (κ3) is 5.32.